The third-order valence-electron chi connectivity index (χ3n) is 2.55. The molecule has 2 nitrogen and oxygen atoms in total. The molecule has 1 rings (SSSR count). The fraction of sp³-hybridized carbons (Fsp3) is 1.00. The predicted octanol–water partition coefficient (Wildman–Crippen LogP) is 1.97. The molecule has 0 bridgehead atoms. The summed E-state index contributed by atoms with van der Waals surface area (Å²) in [4.78, 5) is 2.08. The van der Waals surface area contributed by atoms with Crippen molar-refractivity contribution in [2.75, 3.05) is 13.1 Å². The van der Waals surface area contributed by atoms with Gasteiger partial charge >= 0.3 is 6.30 Å². The quantitative estimate of drug-likeness (QED) is 0.701. The minimum absolute atomic E-state index is 0.327. The van der Waals surface area contributed by atoms with Gasteiger partial charge in [0.25, 0.3) is 0 Å². The Hall–Kier alpha value is -0.290. The van der Waals surface area contributed by atoms with Crippen molar-refractivity contribution < 1.29 is 13.2 Å². The predicted molar refractivity (Wildman–Crippen MR) is 48.9 cm³/mol. The third-order valence-corrected chi connectivity index (χ3v) is 2.55. The normalized spacial score (nSPS) is 25.7. The van der Waals surface area contributed by atoms with Crippen molar-refractivity contribution in [3.05, 3.63) is 0 Å². The largest absolute Gasteiger partial charge is 0.457 e. The Balaban J connectivity index is 2.40. The molecule has 84 valence electrons. The molecule has 1 atom stereocenters. The number of nitrogens with one attached hydrogen (secondary N) is 1. The van der Waals surface area contributed by atoms with Crippen LogP contribution in [0.1, 0.15) is 26.7 Å². The van der Waals surface area contributed by atoms with Crippen LogP contribution in [0.4, 0.5) is 13.2 Å². The molecule has 1 fully saturated rings. The van der Waals surface area contributed by atoms with Crippen LogP contribution in [0.3, 0.4) is 0 Å². The van der Waals surface area contributed by atoms with Crippen LogP contribution in [0.5, 0.6) is 0 Å². The van der Waals surface area contributed by atoms with Gasteiger partial charge in [-0.3, -0.25) is 4.90 Å². The average molecular weight is 210 g/mol. The van der Waals surface area contributed by atoms with Gasteiger partial charge in [-0.05, 0) is 33.2 Å². The molecule has 0 spiro atoms. The lowest BCUT2D eigenvalue weighted by molar-refractivity contribution is -0.167. The lowest BCUT2D eigenvalue weighted by atomic mass is 10.0. The molecule has 0 amide bonds. The highest BCUT2D eigenvalue weighted by molar-refractivity contribution is 4.80. The van der Waals surface area contributed by atoms with Gasteiger partial charge in [0, 0.05) is 18.6 Å². The molecular weight excluding hydrogens is 193 g/mol. The van der Waals surface area contributed by atoms with Crippen molar-refractivity contribution in [2.24, 2.45) is 0 Å². The summed E-state index contributed by atoms with van der Waals surface area (Å²) in [5, 5.41) is 1.70. The number of halogens is 3. The third kappa shape index (κ3) is 3.84. The molecule has 1 N–H and O–H groups in total. The molecule has 0 saturated carbocycles. The van der Waals surface area contributed by atoms with Crippen LogP contribution in [0.2, 0.25) is 0 Å². The van der Waals surface area contributed by atoms with Gasteiger partial charge in [-0.15, -0.1) is 0 Å². The van der Waals surface area contributed by atoms with Crippen LogP contribution in [0, 0.1) is 0 Å². The van der Waals surface area contributed by atoms with Gasteiger partial charge in [-0.2, -0.15) is 13.2 Å². The van der Waals surface area contributed by atoms with Crippen molar-refractivity contribution in [3.8, 4) is 0 Å². The van der Waals surface area contributed by atoms with Crippen molar-refractivity contribution in [1.29, 1.82) is 0 Å². The van der Waals surface area contributed by atoms with Crippen LogP contribution in [0.25, 0.3) is 0 Å². The standard InChI is InChI=1S/C9H17F3N2/c1-7(2)14-5-3-4-8(6-14)13-9(10,11)12/h7-8,13H,3-6H2,1-2H3/t8-/m0/s1. The smallest absolute Gasteiger partial charge is 0.299 e. The molecular formula is C9H17F3N2. The fourth-order valence-corrected chi connectivity index (χ4v) is 1.82. The Bertz CT molecular complexity index is 179. The van der Waals surface area contributed by atoms with Gasteiger partial charge in [0.15, 0.2) is 0 Å². The number of piperidine rings is 1. The zero-order valence-electron chi connectivity index (χ0n) is 8.56. The van der Waals surface area contributed by atoms with Gasteiger partial charge in [0.05, 0.1) is 0 Å². The van der Waals surface area contributed by atoms with E-state index in [2.05, 4.69) is 4.90 Å². The minimum Gasteiger partial charge on any atom is -0.299 e. The molecule has 0 aromatic carbocycles. The number of alkyl halides is 3. The maximum Gasteiger partial charge on any atom is 0.457 e. The zero-order valence-corrected chi connectivity index (χ0v) is 8.56. The zero-order chi connectivity index (χ0) is 10.8. The first-order valence-corrected chi connectivity index (χ1v) is 4.97. The van der Waals surface area contributed by atoms with E-state index in [0.717, 1.165) is 13.0 Å². The summed E-state index contributed by atoms with van der Waals surface area (Å²) >= 11 is 0. The van der Waals surface area contributed by atoms with E-state index in [9.17, 15) is 13.2 Å². The van der Waals surface area contributed by atoms with E-state index >= 15 is 0 Å². The van der Waals surface area contributed by atoms with Gasteiger partial charge < -0.3 is 0 Å². The second kappa shape index (κ2) is 4.49. The van der Waals surface area contributed by atoms with Gasteiger partial charge in [0.1, 0.15) is 0 Å². The molecule has 5 heteroatoms. The van der Waals surface area contributed by atoms with Crippen molar-refractivity contribution >= 4 is 0 Å². The monoisotopic (exact) mass is 210 g/mol. The average Bonchev–Trinajstić information content (AvgIpc) is 2.01. The summed E-state index contributed by atoms with van der Waals surface area (Å²) in [6.07, 6.45) is -2.79. The first-order valence-electron chi connectivity index (χ1n) is 4.97. The molecule has 1 aliphatic rings. The Kier molecular flexibility index (Phi) is 3.78. The van der Waals surface area contributed by atoms with E-state index in [1.807, 2.05) is 13.8 Å². The maximum absolute atomic E-state index is 12.0. The summed E-state index contributed by atoms with van der Waals surface area (Å²) in [5.74, 6) is 0. The number of likely N-dealkylation sites (tertiary alicyclic amines) is 1. The Morgan fingerprint density at radius 3 is 2.50 bits per heavy atom. The number of hydrogen-bond donors (Lipinski definition) is 1. The fourth-order valence-electron chi connectivity index (χ4n) is 1.82. The van der Waals surface area contributed by atoms with E-state index in [1.165, 1.54) is 0 Å². The number of nitrogens with zero attached hydrogens (tertiary/aromatic N) is 1. The van der Waals surface area contributed by atoms with E-state index in [-0.39, 0.29) is 0 Å². The lowest BCUT2D eigenvalue weighted by Gasteiger charge is -2.36. The second-order valence-electron chi connectivity index (χ2n) is 4.07. The first-order chi connectivity index (χ1) is 6.38. The lowest BCUT2D eigenvalue weighted by Crippen LogP contribution is -2.52. The highest BCUT2D eigenvalue weighted by atomic mass is 19.4. The van der Waals surface area contributed by atoms with Crippen molar-refractivity contribution in [1.82, 2.24) is 10.2 Å². The first kappa shape index (κ1) is 11.8. The summed E-state index contributed by atoms with van der Waals surface area (Å²) in [6.45, 7) is 5.43. The maximum atomic E-state index is 12.0. The summed E-state index contributed by atoms with van der Waals surface area (Å²) in [6, 6.07) is -0.112. The molecule has 1 saturated heterocycles. The molecule has 0 unspecified atom stereocenters. The van der Waals surface area contributed by atoms with Crippen molar-refractivity contribution in [2.45, 2.75) is 45.1 Å². The molecule has 0 aliphatic carbocycles. The molecule has 1 aliphatic heterocycles. The van der Waals surface area contributed by atoms with Crippen LogP contribution in [-0.2, 0) is 0 Å². The molecule has 0 radical (unpaired) electrons. The van der Waals surface area contributed by atoms with E-state index in [1.54, 1.807) is 5.32 Å². The summed E-state index contributed by atoms with van der Waals surface area (Å²) in [5.41, 5.74) is 0. The molecule has 0 aromatic heterocycles. The highest BCUT2D eigenvalue weighted by Crippen LogP contribution is 2.18. The van der Waals surface area contributed by atoms with E-state index < -0.39 is 12.3 Å². The molecule has 14 heavy (non-hydrogen) atoms. The van der Waals surface area contributed by atoms with Gasteiger partial charge in [-0.25, -0.2) is 5.32 Å². The minimum atomic E-state index is -4.25. The second-order valence-corrected chi connectivity index (χ2v) is 4.07. The van der Waals surface area contributed by atoms with Crippen LogP contribution in [-0.4, -0.2) is 36.4 Å². The van der Waals surface area contributed by atoms with Gasteiger partial charge in [0.2, 0.25) is 0 Å². The Morgan fingerprint density at radius 1 is 1.36 bits per heavy atom. The van der Waals surface area contributed by atoms with E-state index in [0.29, 0.717) is 19.0 Å². The van der Waals surface area contributed by atoms with E-state index in [4.69, 9.17) is 0 Å². The van der Waals surface area contributed by atoms with Gasteiger partial charge in [-0.1, -0.05) is 0 Å². The Labute approximate surface area is 82.5 Å². The SMILES string of the molecule is CC(C)N1CCC[C@H](NC(F)(F)F)C1. The number of rotatable bonds is 2. The number of hydrogen-bond acceptors (Lipinski definition) is 2. The Morgan fingerprint density at radius 2 is 2.00 bits per heavy atom. The van der Waals surface area contributed by atoms with Crippen molar-refractivity contribution in [3.63, 3.8) is 0 Å². The summed E-state index contributed by atoms with van der Waals surface area (Å²) in [7, 11) is 0. The topological polar surface area (TPSA) is 15.3 Å². The van der Waals surface area contributed by atoms with Crippen LogP contribution in [0.15, 0.2) is 0 Å². The van der Waals surface area contributed by atoms with Crippen LogP contribution >= 0.6 is 0 Å². The summed E-state index contributed by atoms with van der Waals surface area (Å²) < 4.78 is 36.1. The molecule has 0 aromatic rings. The highest BCUT2D eigenvalue weighted by Gasteiger charge is 2.33. The van der Waals surface area contributed by atoms with Crippen LogP contribution < -0.4 is 5.32 Å². The molecule has 1 heterocycles.